The summed E-state index contributed by atoms with van der Waals surface area (Å²) in [6.07, 6.45) is 7.00. The first-order chi connectivity index (χ1) is 16.3. The molecule has 3 aromatic rings. The van der Waals surface area contributed by atoms with Crippen molar-refractivity contribution in [3.63, 3.8) is 0 Å². The van der Waals surface area contributed by atoms with E-state index < -0.39 is 8.07 Å². The van der Waals surface area contributed by atoms with E-state index in [2.05, 4.69) is 112 Å². The molecule has 0 radical (unpaired) electrons. The number of hydrogen-bond acceptors (Lipinski definition) is 3. The summed E-state index contributed by atoms with van der Waals surface area (Å²) in [7, 11) is -2.63. The zero-order chi connectivity index (χ0) is 24.3. The Balaban J connectivity index is 2.15. The van der Waals surface area contributed by atoms with Gasteiger partial charge in [-0.3, -0.25) is 0 Å². The second kappa shape index (κ2) is 9.85. The van der Waals surface area contributed by atoms with Gasteiger partial charge in [-0.05, 0) is 37.7 Å². The van der Waals surface area contributed by atoms with Gasteiger partial charge in [0.15, 0.2) is 8.07 Å². The van der Waals surface area contributed by atoms with Gasteiger partial charge in [-0.15, -0.1) is 0 Å². The van der Waals surface area contributed by atoms with Crippen molar-refractivity contribution in [2.45, 2.75) is 45.9 Å². The van der Waals surface area contributed by atoms with Crippen LogP contribution in [0.4, 0.5) is 0 Å². The van der Waals surface area contributed by atoms with E-state index in [1.165, 1.54) is 21.1 Å². The van der Waals surface area contributed by atoms with Crippen LogP contribution in [0.3, 0.4) is 0 Å². The molecule has 0 bridgehead atoms. The number of hydrogen-bond donors (Lipinski definition) is 3. The molecule has 1 aliphatic carbocycles. The third kappa shape index (κ3) is 4.35. The van der Waals surface area contributed by atoms with E-state index in [4.69, 9.17) is 17.2 Å². The predicted octanol–water partition coefficient (Wildman–Crippen LogP) is 3.45. The molecule has 1 aliphatic rings. The molecule has 0 heterocycles. The highest BCUT2D eigenvalue weighted by Gasteiger charge is 2.49. The molecular formula is C30H37N3Si. The van der Waals surface area contributed by atoms with Crippen molar-refractivity contribution >= 4 is 23.6 Å². The minimum Gasteiger partial charge on any atom is -0.326 e. The van der Waals surface area contributed by atoms with Gasteiger partial charge in [0.1, 0.15) is 0 Å². The van der Waals surface area contributed by atoms with Crippen LogP contribution in [0.25, 0.3) is 0 Å². The van der Waals surface area contributed by atoms with Crippen molar-refractivity contribution in [2.75, 3.05) is 0 Å². The summed E-state index contributed by atoms with van der Waals surface area (Å²) < 4.78 is 0. The van der Waals surface area contributed by atoms with E-state index in [1.54, 1.807) is 0 Å². The molecule has 1 unspecified atom stereocenters. The zero-order valence-corrected chi connectivity index (χ0v) is 21.6. The molecular weight excluding hydrogens is 430 g/mol. The van der Waals surface area contributed by atoms with Crippen molar-refractivity contribution in [1.29, 1.82) is 0 Å². The van der Waals surface area contributed by atoms with E-state index in [9.17, 15) is 0 Å². The minimum absolute atomic E-state index is 0.0366. The number of allylic oxidation sites excluding steroid dienone is 4. The Labute approximate surface area is 205 Å². The lowest BCUT2D eigenvalue weighted by atomic mass is 9.85. The summed E-state index contributed by atoms with van der Waals surface area (Å²) >= 11 is 0. The number of rotatable bonds is 7. The Bertz CT molecular complexity index is 1100. The lowest BCUT2D eigenvalue weighted by Crippen LogP contribution is -2.70. The quantitative estimate of drug-likeness (QED) is 0.368. The zero-order valence-electron chi connectivity index (χ0n) is 20.6. The third-order valence-electron chi connectivity index (χ3n) is 7.10. The molecule has 1 atom stereocenters. The highest BCUT2D eigenvalue weighted by Crippen LogP contribution is 2.44. The first-order valence-electron chi connectivity index (χ1n) is 12.1. The minimum atomic E-state index is -2.63. The second-order valence-corrected chi connectivity index (χ2v) is 14.2. The topological polar surface area (TPSA) is 78.1 Å². The summed E-state index contributed by atoms with van der Waals surface area (Å²) in [5.74, 6) is 0. The SMILES string of the molecule is CC(C)(C)C1=CC=CC1[Si](c1cccc(CN)c1)(c1cccc(CN)c1)c1cccc(CN)c1. The molecule has 0 fully saturated rings. The fourth-order valence-electron chi connectivity index (χ4n) is 5.44. The standard InChI is InChI=1S/C30H37N3Si/c1-30(2,3)28-14-7-15-29(28)34(25-11-4-8-22(16-25)19-31,26-12-5-9-23(17-26)20-32)27-13-6-10-24(18-27)21-33/h4-18,29H,19-21,31-33H2,1-3H3. The van der Waals surface area contributed by atoms with Gasteiger partial charge in [0.05, 0.1) is 0 Å². The summed E-state index contributed by atoms with van der Waals surface area (Å²) in [6.45, 7) is 8.52. The van der Waals surface area contributed by atoms with Gasteiger partial charge in [0.2, 0.25) is 0 Å². The van der Waals surface area contributed by atoms with E-state index in [1.807, 2.05) is 0 Å². The van der Waals surface area contributed by atoms with Crippen molar-refractivity contribution < 1.29 is 0 Å². The molecule has 0 saturated carbocycles. The van der Waals surface area contributed by atoms with Gasteiger partial charge in [-0.25, -0.2) is 0 Å². The third-order valence-corrected chi connectivity index (χ3v) is 12.2. The molecule has 0 amide bonds. The molecule has 0 aliphatic heterocycles. The first kappa shape index (κ1) is 24.4. The van der Waals surface area contributed by atoms with Crippen molar-refractivity contribution in [3.05, 3.63) is 113 Å². The Kier molecular flexibility index (Phi) is 7.06. The molecule has 176 valence electrons. The van der Waals surface area contributed by atoms with Crippen LogP contribution in [0.15, 0.2) is 96.6 Å². The summed E-state index contributed by atoms with van der Waals surface area (Å²) in [5.41, 5.74) is 23.6. The van der Waals surface area contributed by atoms with Crippen LogP contribution < -0.4 is 32.8 Å². The van der Waals surface area contributed by atoms with Crippen LogP contribution >= 0.6 is 0 Å². The van der Waals surface area contributed by atoms with Gasteiger partial charge in [0, 0.05) is 25.2 Å². The molecule has 4 heteroatoms. The van der Waals surface area contributed by atoms with Gasteiger partial charge in [-0.2, -0.15) is 0 Å². The maximum atomic E-state index is 6.14. The average molecular weight is 468 g/mol. The molecule has 3 nitrogen and oxygen atoms in total. The maximum Gasteiger partial charge on any atom is 0.159 e. The lowest BCUT2D eigenvalue weighted by Gasteiger charge is -2.43. The molecule has 34 heavy (non-hydrogen) atoms. The van der Waals surface area contributed by atoms with Gasteiger partial charge < -0.3 is 17.2 Å². The summed E-state index contributed by atoms with van der Waals surface area (Å²) in [4.78, 5) is 0. The number of nitrogens with two attached hydrogens (primary N) is 3. The smallest absolute Gasteiger partial charge is 0.159 e. The monoisotopic (exact) mass is 467 g/mol. The first-order valence-corrected chi connectivity index (χ1v) is 14.2. The van der Waals surface area contributed by atoms with E-state index in [-0.39, 0.29) is 11.0 Å². The largest absolute Gasteiger partial charge is 0.326 e. The van der Waals surface area contributed by atoms with Gasteiger partial charge in [-0.1, -0.05) is 117 Å². The van der Waals surface area contributed by atoms with E-state index in [0.29, 0.717) is 19.6 Å². The van der Waals surface area contributed by atoms with Crippen LogP contribution in [-0.2, 0) is 19.6 Å². The predicted molar refractivity (Wildman–Crippen MR) is 148 cm³/mol. The molecule has 6 N–H and O–H groups in total. The summed E-state index contributed by atoms with van der Waals surface area (Å²) in [6, 6.07) is 26.8. The fraction of sp³-hybridized carbons (Fsp3) is 0.267. The van der Waals surface area contributed by atoms with Gasteiger partial charge >= 0.3 is 0 Å². The Morgan fingerprint density at radius 3 is 1.44 bits per heavy atom. The van der Waals surface area contributed by atoms with Crippen molar-refractivity contribution in [1.82, 2.24) is 0 Å². The molecule has 3 aromatic carbocycles. The molecule has 4 rings (SSSR count). The Morgan fingerprint density at radius 2 is 1.09 bits per heavy atom. The highest BCUT2D eigenvalue weighted by molar-refractivity contribution is 7.13. The Morgan fingerprint density at radius 1 is 0.676 bits per heavy atom. The van der Waals surface area contributed by atoms with Crippen LogP contribution in [-0.4, -0.2) is 8.07 Å². The van der Waals surface area contributed by atoms with Gasteiger partial charge in [0.25, 0.3) is 0 Å². The number of benzene rings is 3. The summed E-state index contributed by atoms with van der Waals surface area (Å²) in [5, 5.41) is 4.10. The fourth-order valence-corrected chi connectivity index (χ4v) is 11.2. The van der Waals surface area contributed by atoms with Crippen LogP contribution in [0.5, 0.6) is 0 Å². The normalized spacial score (nSPS) is 16.1. The Hall–Kier alpha value is -2.76. The lowest BCUT2D eigenvalue weighted by molar-refractivity contribution is 0.495. The molecule has 0 aromatic heterocycles. The maximum absolute atomic E-state index is 6.14. The van der Waals surface area contributed by atoms with E-state index >= 15 is 0 Å². The van der Waals surface area contributed by atoms with E-state index in [0.717, 1.165) is 16.7 Å². The van der Waals surface area contributed by atoms with Crippen LogP contribution in [0, 0.1) is 5.41 Å². The van der Waals surface area contributed by atoms with Crippen molar-refractivity contribution in [3.8, 4) is 0 Å². The average Bonchev–Trinajstić information content (AvgIpc) is 3.36. The highest BCUT2D eigenvalue weighted by atomic mass is 28.3. The second-order valence-electron chi connectivity index (χ2n) is 10.3. The molecule has 0 spiro atoms. The van der Waals surface area contributed by atoms with Crippen LogP contribution in [0.1, 0.15) is 37.5 Å². The molecule has 0 saturated heterocycles. The van der Waals surface area contributed by atoms with Crippen molar-refractivity contribution in [2.24, 2.45) is 22.6 Å². The van der Waals surface area contributed by atoms with Crippen LogP contribution in [0.2, 0.25) is 5.54 Å².